The van der Waals surface area contributed by atoms with Gasteiger partial charge in [0.15, 0.2) is 5.11 Å². The molecule has 2 aliphatic rings. The summed E-state index contributed by atoms with van der Waals surface area (Å²) >= 11 is 5.61. The molecule has 1 atom stereocenters. The van der Waals surface area contributed by atoms with Gasteiger partial charge in [-0.05, 0) is 35.5 Å². The monoisotopic (exact) mass is 324 g/mol. The topological polar surface area (TPSA) is 32.8 Å². The van der Waals surface area contributed by atoms with E-state index in [2.05, 4.69) is 12.1 Å². The Kier molecular flexibility index (Phi) is 3.31. The molecular formula is C18H16N2O2S. The largest absolute Gasteiger partial charge is 0.495 e. The summed E-state index contributed by atoms with van der Waals surface area (Å²) < 4.78 is 5.40. The highest BCUT2D eigenvalue weighted by molar-refractivity contribution is 7.80. The van der Waals surface area contributed by atoms with Gasteiger partial charge in [0, 0.05) is 13.0 Å². The molecule has 0 N–H and O–H groups in total. The molecule has 2 heterocycles. The average Bonchev–Trinajstić information content (AvgIpc) is 2.83. The van der Waals surface area contributed by atoms with E-state index in [1.165, 1.54) is 11.1 Å². The molecule has 0 bridgehead atoms. The van der Waals surface area contributed by atoms with Crippen molar-refractivity contribution < 1.29 is 9.53 Å². The predicted molar refractivity (Wildman–Crippen MR) is 92.6 cm³/mol. The molecule has 1 amide bonds. The second-order valence-electron chi connectivity index (χ2n) is 5.74. The van der Waals surface area contributed by atoms with Crippen LogP contribution in [0.25, 0.3) is 0 Å². The van der Waals surface area contributed by atoms with Gasteiger partial charge in [0.25, 0.3) is 5.91 Å². The molecule has 5 heteroatoms. The highest BCUT2D eigenvalue weighted by atomic mass is 32.1. The fourth-order valence-electron chi connectivity index (χ4n) is 3.35. The van der Waals surface area contributed by atoms with Crippen LogP contribution in [0.4, 0.5) is 5.69 Å². The maximum atomic E-state index is 13.0. The number of hydrogen-bond donors (Lipinski definition) is 0. The SMILES string of the molecule is COc1ccccc1N1C(=O)C2Cc3ccccc3CN2C1=S. The third-order valence-electron chi connectivity index (χ3n) is 4.52. The molecule has 0 saturated carbocycles. The highest BCUT2D eigenvalue weighted by Gasteiger charge is 2.46. The standard InChI is InChI=1S/C18H16N2O2S/c1-22-16-9-5-4-8-14(16)20-17(21)15-10-12-6-2-3-7-13(12)11-19(15)18(20)23/h2-9,15H,10-11H2,1H3. The molecule has 1 unspecified atom stereocenters. The molecule has 0 radical (unpaired) electrons. The zero-order valence-electron chi connectivity index (χ0n) is 12.7. The Morgan fingerprint density at radius 3 is 2.57 bits per heavy atom. The lowest BCUT2D eigenvalue weighted by Crippen LogP contribution is -2.39. The van der Waals surface area contributed by atoms with Gasteiger partial charge in [0.05, 0.1) is 12.8 Å². The fraction of sp³-hybridized carbons (Fsp3) is 0.222. The summed E-state index contributed by atoms with van der Waals surface area (Å²) in [5, 5.41) is 0.555. The summed E-state index contributed by atoms with van der Waals surface area (Å²) in [6, 6.07) is 15.5. The molecule has 23 heavy (non-hydrogen) atoms. The first kappa shape index (κ1) is 14.2. The summed E-state index contributed by atoms with van der Waals surface area (Å²) in [7, 11) is 1.60. The highest BCUT2D eigenvalue weighted by Crippen LogP contribution is 2.36. The minimum Gasteiger partial charge on any atom is -0.495 e. The lowest BCUT2D eigenvalue weighted by molar-refractivity contribution is -0.120. The van der Waals surface area contributed by atoms with Crippen molar-refractivity contribution >= 4 is 28.9 Å². The van der Waals surface area contributed by atoms with Crippen molar-refractivity contribution in [2.75, 3.05) is 12.0 Å². The van der Waals surface area contributed by atoms with Crippen molar-refractivity contribution in [3.63, 3.8) is 0 Å². The van der Waals surface area contributed by atoms with E-state index in [0.29, 0.717) is 29.5 Å². The van der Waals surface area contributed by atoms with Crippen molar-refractivity contribution in [2.45, 2.75) is 19.0 Å². The van der Waals surface area contributed by atoms with Crippen LogP contribution in [0.5, 0.6) is 5.75 Å². The third-order valence-corrected chi connectivity index (χ3v) is 4.93. The van der Waals surface area contributed by atoms with E-state index in [4.69, 9.17) is 17.0 Å². The van der Waals surface area contributed by atoms with Crippen LogP contribution in [-0.4, -0.2) is 29.1 Å². The predicted octanol–water partition coefficient (Wildman–Crippen LogP) is 2.75. The Labute approximate surface area is 140 Å². The number of amides is 1. The number of benzene rings is 2. The molecule has 2 aliphatic heterocycles. The number of carbonyl (C=O) groups excluding carboxylic acids is 1. The quantitative estimate of drug-likeness (QED) is 0.795. The van der Waals surface area contributed by atoms with Gasteiger partial charge in [0.1, 0.15) is 11.8 Å². The van der Waals surface area contributed by atoms with Gasteiger partial charge in [-0.15, -0.1) is 0 Å². The van der Waals surface area contributed by atoms with Gasteiger partial charge < -0.3 is 9.64 Å². The van der Waals surface area contributed by atoms with Crippen molar-refractivity contribution in [3.8, 4) is 5.75 Å². The van der Waals surface area contributed by atoms with Gasteiger partial charge >= 0.3 is 0 Å². The van der Waals surface area contributed by atoms with E-state index in [1.54, 1.807) is 12.0 Å². The van der Waals surface area contributed by atoms with Crippen molar-refractivity contribution in [3.05, 3.63) is 59.7 Å². The number of nitrogens with zero attached hydrogens (tertiary/aromatic N) is 2. The first-order chi connectivity index (χ1) is 11.2. The van der Waals surface area contributed by atoms with Crippen molar-refractivity contribution in [1.29, 1.82) is 0 Å². The number of carbonyl (C=O) groups is 1. The molecule has 4 rings (SSSR count). The smallest absolute Gasteiger partial charge is 0.256 e. The van der Waals surface area contributed by atoms with Crippen LogP contribution in [0.3, 0.4) is 0 Å². The number of para-hydroxylation sites is 2. The molecule has 1 fully saturated rings. The molecule has 0 aromatic heterocycles. The number of anilines is 1. The second kappa shape index (κ2) is 5.35. The molecule has 2 aromatic carbocycles. The normalized spacial score (nSPS) is 19.6. The van der Waals surface area contributed by atoms with Gasteiger partial charge in [-0.25, -0.2) is 0 Å². The molecule has 2 aromatic rings. The number of hydrogen-bond acceptors (Lipinski definition) is 3. The van der Waals surface area contributed by atoms with Gasteiger partial charge in [0.2, 0.25) is 0 Å². The molecule has 116 valence electrons. The number of thiocarbonyl (C=S) groups is 1. The Morgan fingerprint density at radius 1 is 1.09 bits per heavy atom. The first-order valence-electron chi connectivity index (χ1n) is 7.55. The zero-order chi connectivity index (χ0) is 16.0. The Morgan fingerprint density at radius 2 is 1.78 bits per heavy atom. The van der Waals surface area contributed by atoms with E-state index >= 15 is 0 Å². The van der Waals surface area contributed by atoms with Crippen LogP contribution in [0.1, 0.15) is 11.1 Å². The molecule has 1 saturated heterocycles. The van der Waals surface area contributed by atoms with E-state index in [-0.39, 0.29) is 11.9 Å². The van der Waals surface area contributed by atoms with Crippen LogP contribution in [0.2, 0.25) is 0 Å². The maximum Gasteiger partial charge on any atom is 0.256 e. The van der Waals surface area contributed by atoms with Crippen LogP contribution < -0.4 is 9.64 Å². The first-order valence-corrected chi connectivity index (χ1v) is 7.96. The Balaban J connectivity index is 1.74. The summed E-state index contributed by atoms with van der Waals surface area (Å²) in [4.78, 5) is 16.6. The van der Waals surface area contributed by atoms with E-state index in [0.717, 1.165) is 0 Å². The van der Waals surface area contributed by atoms with E-state index in [1.807, 2.05) is 41.3 Å². The van der Waals surface area contributed by atoms with Gasteiger partial charge in [-0.1, -0.05) is 36.4 Å². The average molecular weight is 324 g/mol. The molecule has 0 aliphatic carbocycles. The van der Waals surface area contributed by atoms with Crippen LogP contribution in [-0.2, 0) is 17.8 Å². The van der Waals surface area contributed by atoms with Gasteiger partial charge in [-0.3, -0.25) is 9.69 Å². The van der Waals surface area contributed by atoms with Crippen molar-refractivity contribution in [1.82, 2.24) is 4.90 Å². The van der Waals surface area contributed by atoms with E-state index in [9.17, 15) is 4.79 Å². The van der Waals surface area contributed by atoms with Crippen molar-refractivity contribution in [2.24, 2.45) is 0 Å². The lowest BCUT2D eigenvalue weighted by atomic mass is 9.95. The lowest BCUT2D eigenvalue weighted by Gasteiger charge is -2.30. The number of methoxy groups -OCH3 is 1. The number of rotatable bonds is 2. The summed E-state index contributed by atoms with van der Waals surface area (Å²) in [6.07, 6.45) is 0.695. The van der Waals surface area contributed by atoms with E-state index < -0.39 is 0 Å². The Bertz CT molecular complexity index is 762. The summed E-state index contributed by atoms with van der Waals surface area (Å²) in [5.41, 5.74) is 3.18. The summed E-state index contributed by atoms with van der Waals surface area (Å²) in [6.45, 7) is 0.678. The fourth-order valence-corrected chi connectivity index (χ4v) is 3.73. The second-order valence-corrected chi connectivity index (χ2v) is 6.11. The zero-order valence-corrected chi connectivity index (χ0v) is 13.5. The van der Waals surface area contributed by atoms with Crippen LogP contribution in [0.15, 0.2) is 48.5 Å². The molecular weight excluding hydrogens is 308 g/mol. The minimum absolute atomic E-state index is 0.0222. The number of fused-ring (bicyclic) bond motifs is 2. The van der Waals surface area contributed by atoms with Gasteiger partial charge in [-0.2, -0.15) is 0 Å². The number of ether oxygens (including phenoxy) is 1. The Hall–Kier alpha value is -2.40. The van der Waals surface area contributed by atoms with Crippen LogP contribution >= 0.6 is 12.2 Å². The minimum atomic E-state index is -0.220. The molecule has 0 spiro atoms. The maximum absolute atomic E-state index is 13.0. The summed E-state index contributed by atoms with van der Waals surface area (Å²) in [5.74, 6) is 0.676. The molecule has 4 nitrogen and oxygen atoms in total. The third kappa shape index (κ3) is 2.11. The van der Waals surface area contributed by atoms with Crippen LogP contribution in [0, 0.1) is 0 Å².